The molecule has 2 amide bonds. The summed E-state index contributed by atoms with van der Waals surface area (Å²) in [4.78, 5) is 25.3. The second kappa shape index (κ2) is 10.3. The lowest BCUT2D eigenvalue weighted by Gasteiger charge is -2.31. The molecule has 1 heterocycles. The van der Waals surface area contributed by atoms with Crippen molar-refractivity contribution in [3.05, 3.63) is 11.6 Å². The van der Waals surface area contributed by atoms with Gasteiger partial charge in [-0.05, 0) is 51.9 Å². The van der Waals surface area contributed by atoms with Crippen LogP contribution in [0.1, 0.15) is 51.9 Å². The lowest BCUT2D eigenvalue weighted by molar-refractivity contribution is -0.120. The van der Waals surface area contributed by atoms with E-state index >= 15 is 0 Å². The fraction of sp³-hybridized carbons (Fsp3) is 0.778. The van der Waals surface area contributed by atoms with Crippen molar-refractivity contribution in [2.24, 2.45) is 0 Å². The number of amides is 2. The number of ether oxygens (including phenoxy) is 1. The van der Waals surface area contributed by atoms with Gasteiger partial charge in [-0.3, -0.25) is 4.79 Å². The van der Waals surface area contributed by atoms with Gasteiger partial charge in [-0.2, -0.15) is 0 Å². The molecular formula is C18H31N3O3. The van der Waals surface area contributed by atoms with Gasteiger partial charge >= 0.3 is 6.09 Å². The standard InChI is InChI=1S/C18H31N3O3/c1-2-24-18(23)21-12-9-16(10-13-21)20-14-17(22)19-11-8-15-6-4-3-5-7-15/h6,16,20H,2-5,7-14H2,1H3,(H,19,22). The van der Waals surface area contributed by atoms with Crippen LogP contribution in [0.25, 0.3) is 0 Å². The lowest BCUT2D eigenvalue weighted by atomic mass is 9.97. The predicted molar refractivity (Wildman–Crippen MR) is 93.8 cm³/mol. The highest BCUT2D eigenvalue weighted by atomic mass is 16.6. The molecule has 2 rings (SSSR count). The number of hydrogen-bond acceptors (Lipinski definition) is 4. The van der Waals surface area contributed by atoms with Crippen LogP contribution in [0.2, 0.25) is 0 Å². The first-order valence-corrected chi connectivity index (χ1v) is 9.28. The summed E-state index contributed by atoms with van der Waals surface area (Å²) in [6.45, 7) is 4.68. The largest absolute Gasteiger partial charge is 0.450 e. The fourth-order valence-corrected chi connectivity index (χ4v) is 3.27. The molecule has 1 fully saturated rings. The highest BCUT2D eigenvalue weighted by Crippen LogP contribution is 2.19. The summed E-state index contributed by atoms with van der Waals surface area (Å²) in [6.07, 6.45) is 9.75. The van der Waals surface area contributed by atoms with Gasteiger partial charge in [0.05, 0.1) is 13.2 Å². The third-order valence-electron chi connectivity index (χ3n) is 4.73. The van der Waals surface area contributed by atoms with Gasteiger partial charge in [-0.25, -0.2) is 4.79 Å². The van der Waals surface area contributed by atoms with Crippen LogP contribution in [0.5, 0.6) is 0 Å². The number of nitrogens with one attached hydrogen (secondary N) is 2. The first-order valence-electron chi connectivity index (χ1n) is 9.28. The van der Waals surface area contributed by atoms with Gasteiger partial charge in [0, 0.05) is 25.7 Å². The van der Waals surface area contributed by atoms with E-state index in [1.807, 2.05) is 6.92 Å². The summed E-state index contributed by atoms with van der Waals surface area (Å²) < 4.78 is 5.01. The minimum absolute atomic E-state index is 0.0548. The number of rotatable bonds is 7. The fourth-order valence-electron chi connectivity index (χ4n) is 3.27. The Labute approximate surface area is 145 Å². The Bertz CT molecular complexity index is 443. The van der Waals surface area contributed by atoms with Gasteiger partial charge in [-0.1, -0.05) is 11.6 Å². The maximum absolute atomic E-state index is 11.9. The van der Waals surface area contributed by atoms with Gasteiger partial charge in [0.2, 0.25) is 5.91 Å². The van der Waals surface area contributed by atoms with E-state index in [0.717, 1.165) is 25.8 Å². The van der Waals surface area contributed by atoms with Gasteiger partial charge in [-0.15, -0.1) is 0 Å². The van der Waals surface area contributed by atoms with Crippen LogP contribution >= 0.6 is 0 Å². The number of nitrogens with zero attached hydrogens (tertiary/aromatic N) is 1. The molecule has 0 atom stereocenters. The predicted octanol–water partition coefficient (Wildman–Crippen LogP) is 2.20. The minimum Gasteiger partial charge on any atom is -0.450 e. The van der Waals surface area contributed by atoms with Crippen LogP contribution in [-0.4, -0.2) is 55.7 Å². The zero-order valence-corrected chi connectivity index (χ0v) is 14.8. The van der Waals surface area contributed by atoms with E-state index in [9.17, 15) is 9.59 Å². The van der Waals surface area contributed by atoms with E-state index in [1.54, 1.807) is 4.90 Å². The van der Waals surface area contributed by atoms with E-state index in [1.165, 1.54) is 31.3 Å². The highest BCUT2D eigenvalue weighted by molar-refractivity contribution is 5.78. The zero-order valence-electron chi connectivity index (χ0n) is 14.8. The second-order valence-electron chi connectivity index (χ2n) is 6.55. The van der Waals surface area contributed by atoms with Crippen LogP contribution in [0.15, 0.2) is 11.6 Å². The monoisotopic (exact) mass is 337 g/mol. The first kappa shape index (κ1) is 18.8. The van der Waals surface area contributed by atoms with E-state index in [-0.39, 0.29) is 12.0 Å². The van der Waals surface area contributed by atoms with Crippen molar-refractivity contribution >= 4 is 12.0 Å². The van der Waals surface area contributed by atoms with Gasteiger partial charge in [0.15, 0.2) is 0 Å². The average Bonchev–Trinajstić information content (AvgIpc) is 2.61. The van der Waals surface area contributed by atoms with Crippen LogP contribution < -0.4 is 10.6 Å². The molecule has 1 saturated heterocycles. The minimum atomic E-state index is -0.231. The van der Waals surface area contributed by atoms with Gasteiger partial charge in [0.1, 0.15) is 0 Å². The quantitative estimate of drug-likeness (QED) is 0.699. The molecule has 0 spiro atoms. The molecule has 0 unspecified atom stereocenters. The summed E-state index contributed by atoms with van der Waals surface area (Å²) in [5.74, 6) is 0.0548. The molecule has 6 nitrogen and oxygen atoms in total. The van der Waals surface area contributed by atoms with Crippen molar-refractivity contribution in [2.45, 2.75) is 57.9 Å². The maximum Gasteiger partial charge on any atom is 0.409 e. The van der Waals surface area contributed by atoms with Crippen molar-refractivity contribution in [3.63, 3.8) is 0 Å². The summed E-state index contributed by atoms with van der Waals surface area (Å²) >= 11 is 0. The molecule has 1 aliphatic carbocycles. The Hall–Kier alpha value is -1.56. The first-order chi connectivity index (χ1) is 11.7. The summed E-state index contributed by atoms with van der Waals surface area (Å²) in [5, 5.41) is 6.28. The molecule has 0 saturated carbocycles. The third kappa shape index (κ3) is 6.51. The molecule has 0 aromatic carbocycles. The van der Waals surface area contributed by atoms with Crippen molar-refractivity contribution < 1.29 is 14.3 Å². The topological polar surface area (TPSA) is 70.7 Å². The molecule has 0 aromatic rings. The molecule has 0 radical (unpaired) electrons. The Kier molecular flexibility index (Phi) is 8.08. The van der Waals surface area contributed by atoms with Gasteiger partial charge in [0.25, 0.3) is 0 Å². The lowest BCUT2D eigenvalue weighted by Crippen LogP contribution is -2.47. The van der Waals surface area contributed by atoms with Crippen LogP contribution in [0.3, 0.4) is 0 Å². The SMILES string of the molecule is CCOC(=O)N1CCC(NCC(=O)NCCC2=CCCCC2)CC1. The van der Waals surface area contributed by atoms with E-state index in [4.69, 9.17) is 4.74 Å². The Morgan fingerprint density at radius 3 is 2.75 bits per heavy atom. The summed E-state index contributed by atoms with van der Waals surface area (Å²) in [6, 6.07) is 0.294. The van der Waals surface area contributed by atoms with E-state index in [0.29, 0.717) is 32.3 Å². The molecule has 0 bridgehead atoms. The van der Waals surface area contributed by atoms with Crippen LogP contribution in [0, 0.1) is 0 Å². The summed E-state index contributed by atoms with van der Waals surface area (Å²) in [5.41, 5.74) is 1.49. The zero-order chi connectivity index (χ0) is 17.2. The molecule has 2 aliphatic rings. The second-order valence-corrected chi connectivity index (χ2v) is 6.55. The molecule has 0 aromatic heterocycles. The molecule has 136 valence electrons. The maximum atomic E-state index is 11.9. The average molecular weight is 337 g/mol. The van der Waals surface area contributed by atoms with Crippen molar-refractivity contribution in [1.82, 2.24) is 15.5 Å². The number of piperidine rings is 1. The van der Waals surface area contributed by atoms with Crippen LogP contribution in [-0.2, 0) is 9.53 Å². The number of allylic oxidation sites excluding steroid dienone is 1. The number of hydrogen-bond donors (Lipinski definition) is 2. The number of likely N-dealkylation sites (tertiary alicyclic amines) is 1. The molecule has 2 N–H and O–H groups in total. The van der Waals surface area contributed by atoms with Crippen molar-refractivity contribution in [2.75, 3.05) is 32.8 Å². The smallest absolute Gasteiger partial charge is 0.409 e. The Morgan fingerprint density at radius 2 is 2.08 bits per heavy atom. The third-order valence-corrected chi connectivity index (χ3v) is 4.73. The number of carbonyl (C=O) groups excluding carboxylic acids is 2. The van der Waals surface area contributed by atoms with Gasteiger partial charge < -0.3 is 20.3 Å². The van der Waals surface area contributed by atoms with Crippen molar-refractivity contribution in [3.8, 4) is 0 Å². The van der Waals surface area contributed by atoms with E-state index in [2.05, 4.69) is 16.7 Å². The molecule has 24 heavy (non-hydrogen) atoms. The highest BCUT2D eigenvalue weighted by Gasteiger charge is 2.23. The van der Waals surface area contributed by atoms with Crippen molar-refractivity contribution in [1.29, 1.82) is 0 Å². The van der Waals surface area contributed by atoms with Crippen LogP contribution in [0.4, 0.5) is 4.79 Å². The molecule has 1 aliphatic heterocycles. The Morgan fingerprint density at radius 1 is 1.29 bits per heavy atom. The normalized spacial score (nSPS) is 18.9. The summed E-state index contributed by atoms with van der Waals surface area (Å²) in [7, 11) is 0. The number of carbonyl (C=O) groups is 2. The molecule has 6 heteroatoms. The van der Waals surface area contributed by atoms with E-state index < -0.39 is 0 Å². The molecular weight excluding hydrogens is 306 g/mol. The Balaban J connectivity index is 1.54.